The first-order valence-corrected chi connectivity index (χ1v) is 9.93. The van der Waals surface area contributed by atoms with Crippen molar-refractivity contribution < 1.29 is 23.9 Å². The molecule has 28 heavy (non-hydrogen) atoms. The molecule has 1 saturated carbocycles. The smallest absolute Gasteiger partial charge is 0.326 e. The van der Waals surface area contributed by atoms with Gasteiger partial charge < -0.3 is 14.8 Å². The van der Waals surface area contributed by atoms with Crippen molar-refractivity contribution in [2.45, 2.75) is 45.6 Å². The number of carbonyl (C=O) groups is 3. The van der Waals surface area contributed by atoms with Crippen LogP contribution in [0.2, 0.25) is 0 Å². The average molecular weight is 388 g/mol. The number of fused-ring (bicyclic) bond motifs is 1. The van der Waals surface area contributed by atoms with Crippen LogP contribution in [-0.2, 0) is 19.1 Å². The molecule has 1 aromatic rings. The standard InChI is InChI=1S/C21H28N2O5/c1-14-6-5-7-16(15(14)2)22-19(24)13-28-21(26)12-23-17-8-3-4-9-18(17)27-11-10-20(23)25/h3-4,8-9,14-16H,5-7,10-13H2,1-2H3,(H,22,24)/t14-,15-,16-/m1/s1. The van der Waals surface area contributed by atoms with Crippen molar-refractivity contribution in [2.75, 3.05) is 24.7 Å². The Hall–Kier alpha value is -2.57. The van der Waals surface area contributed by atoms with Crippen molar-refractivity contribution >= 4 is 23.5 Å². The molecule has 7 nitrogen and oxygen atoms in total. The minimum Gasteiger partial charge on any atom is -0.491 e. The van der Waals surface area contributed by atoms with Crippen LogP contribution in [0, 0.1) is 11.8 Å². The molecule has 1 N–H and O–H groups in total. The highest BCUT2D eigenvalue weighted by molar-refractivity contribution is 5.99. The molecule has 3 rings (SSSR count). The summed E-state index contributed by atoms with van der Waals surface area (Å²) in [4.78, 5) is 38.1. The number of nitrogens with one attached hydrogen (secondary N) is 1. The summed E-state index contributed by atoms with van der Waals surface area (Å²) in [5, 5.41) is 2.98. The van der Waals surface area contributed by atoms with Gasteiger partial charge in [-0.2, -0.15) is 0 Å². The molecular formula is C21H28N2O5. The number of amides is 2. The molecule has 0 spiro atoms. The molecule has 0 radical (unpaired) electrons. The Morgan fingerprint density at radius 2 is 2.04 bits per heavy atom. The molecule has 0 saturated heterocycles. The number of nitrogens with zero attached hydrogens (tertiary/aromatic N) is 1. The van der Waals surface area contributed by atoms with Gasteiger partial charge in [0.05, 0.1) is 18.7 Å². The molecule has 1 heterocycles. The molecule has 0 aromatic heterocycles. The van der Waals surface area contributed by atoms with Crippen molar-refractivity contribution in [3.63, 3.8) is 0 Å². The number of benzene rings is 1. The number of carbonyl (C=O) groups excluding carboxylic acids is 3. The number of para-hydroxylation sites is 2. The zero-order valence-corrected chi connectivity index (χ0v) is 16.5. The summed E-state index contributed by atoms with van der Waals surface area (Å²) in [7, 11) is 0. The fraction of sp³-hybridized carbons (Fsp3) is 0.571. The second kappa shape index (κ2) is 9.08. The lowest BCUT2D eigenvalue weighted by Gasteiger charge is -2.34. The quantitative estimate of drug-likeness (QED) is 0.783. The summed E-state index contributed by atoms with van der Waals surface area (Å²) in [5.74, 6) is 0.392. The molecule has 7 heteroatoms. The Labute approximate surface area is 165 Å². The number of hydrogen-bond acceptors (Lipinski definition) is 5. The summed E-state index contributed by atoms with van der Waals surface area (Å²) < 4.78 is 10.7. The van der Waals surface area contributed by atoms with Crippen molar-refractivity contribution in [3.8, 4) is 5.75 Å². The van der Waals surface area contributed by atoms with Crippen LogP contribution in [-0.4, -0.2) is 43.6 Å². The molecule has 1 aliphatic carbocycles. The van der Waals surface area contributed by atoms with E-state index in [-0.39, 0.29) is 44.0 Å². The lowest BCUT2D eigenvalue weighted by Crippen LogP contribution is -2.45. The zero-order valence-electron chi connectivity index (χ0n) is 16.5. The maximum atomic E-state index is 12.3. The number of hydrogen-bond donors (Lipinski definition) is 1. The summed E-state index contributed by atoms with van der Waals surface area (Å²) in [6, 6.07) is 7.18. The Morgan fingerprint density at radius 3 is 2.86 bits per heavy atom. The topological polar surface area (TPSA) is 84.9 Å². The molecule has 0 bridgehead atoms. The molecule has 1 aliphatic heterocycles. The van der Waals surface area contributed by atoms with Gasteiger partial charge >= 0.3 is 5.97 Å². The fourth-order valence-electron chi connectivity index (χ4n) is 3.85. The molecule has 152 valence electrons. The van der Waals surface area contributed by atoms with E-state index in [1.807, 2.05) is 6.07 Å². The summed E-state index contributed by atoms with van der Waals surface area (Å²) >= 11 is 0. The van der Waals surface area contributed by atoms with E-state index in [1.54, 1.807) is 18.2 Å². The average Bonchev–Trinajstić information content (AvgIpc) is 2.83. The van der Waals surface area contributed by atoms with Crippen LogP contribution in [0.5, 0.6) is 5.75 Å². The predicted octanol–water partition coefficient (Wildman–Crippen LogP) is 2.29. The highest BCUT2D eigenvalue weighted by atomic mass is 16.5. The summed E-state index contributed by atoms with van der Waals surface area (Å²) in [6.07, 6.45) is 3.40. The van der Waals surface area contributed by atoms with Gasteiger partial charge in [0.1, 0.15) is 12.3 Å². The summed E-state index contributed by atoms with van der Waals surface area (Å²) in [6.45, 7) is 4.02. The highest BCUT2D eigenvalue weighted by Gasteiger charge is 2.29. The zero-order chi connectivity index (χ0) is 20.1. The minimum absolute atomic E-state index is 0.117. The van der Waals surface area contributed by atoms with Crippen LogP contribution in [0.4, 0.5) is 5.69 Å². The van der Waals surface area contributed by atoms with E-state index in [4.69, 9.17) is 9.47 Å². The monoisotopic (exact) mass is 388 g/mol. The van der Waals surface area contributed by atoms with E-state index in [2.05, 4.69) is 19.2 Å². The second-order valence-corrected chi connectivity index (χ2v) is 7.65. The van der Waals surface area contributed by atoms with Gasteiger partial charge in [0.15, 0.2) is 6.61 Å². The Bertz CT molecular complexity index is 735. The lowest BCUT2D eigenvalue weighted by atomic mass is 9.78. The van der Waals surface area contributed by atoms with Gasteiger partial charge in [-0.05, 0) is 30.4 Å². The fourth-order valence-corrected chi connectivity index (χ4v) is 3.85. The first-order valence-electron chi connectivity index (χ1n) is 9.93. The van der Waals surface area contributed by atoms with Crippen molar-refractivity contribution in [2.24, 2.45) is 11.8 Å². The van der Waals surface area contributed by atoms with Gasteiger partial charge in [0.25, 0.3) is 5.91 Å². The van der Waals surface area contributed by atoms with Crippen LogP contribution in [0.1, 0.15) is 39.5 Å². The molecule has 2 aliphatic rings. The predicted molar refractivity (Wildman–Crippen MR) is 104 cm³/mol. The third kappa shape index (κ3) is 4.82. The van der Waals surface area contributed by atoms with Crippen LogP contribution in [0.15, 0.2) is 24.3 Å². The maximum Gasteiger partial charge on any atom is 0.326 e. The molecule has 3 atom stereocenters. The van der Waals surface area contributed by atoms with Crippen molar-refractivity contribution in [1.29, 1.82) is 0 Å². The number of rotatable bonds is 5. The summed E-state index contributed by atoms with van der Waals surface area (Å²) in [5.41, 5.74) is 0.538. The molecule has 2 amide bonds. The Morgan fingerprint density at radius 1 is 1.25 bits per heavy atom. The van der Waals surface area contributed by atoms with Crippen LogP contribution >= 0.6 is 0 Å². The van der Waals surface area contributed by atoms with E-state index in [0.717, 1.165) is 12.8 Å². The first-order chi connectivity index (χ1) is 13.5. The van der Waals surface area contributed by atoms with E-state index in [0.29, 0.717) is 23.3 Å². The van der Waals surface area contributed by atoms with E-state index in [9.17, 15) is 14.4 Å². The van der Waals surface area contributed by atoms with E-state index >= 15 is 0 Å². The molecular weight excluding hydrogens is 360 g/mol. The van der Waals surface area contributed by atoms with Gasteiger partial charge in [-0.25, -0.2) is 0 Å². The van der Waals surface area contributed by atoms with Gasteiger partial charge in [0.2, 0.25) is 5.91 Å². The first kappa shape index (κ1) is 20.2. The van der Waals surface area contributed by atoms with Crippen molar-refractivity contribution in [3.05, 3.63) is 24.3 Å². The molecule has 1 fully saturated rings. The molecule has 1 aromatic carbocycles. The van der Waals surface area contributed by atoms with Crippen LogP contribution < -0.4 is 15.0 Å². The number of ether oxygens (including phenoxy) is 2. The number of esters is 1. The Kier molecular flexibility index (Phi) is 6.54. The third-order valence-electron chi connectivity index (χ3n) is 5.74. The number of anilines is 1. The minimum atomic E-state index is -0.620. The van der Waals surface area contributed by atoms with Gasteiger partial charge in [-0.1, -0.05) is 38.8 Å². The second-order valence-electron chi connectivity index (χ2n) is 7.65. The Balaban J connectivity index is 1.52. The lowest BCUT2D eigenvalue weighted by molar-refractivity contribution is -0.148. The van der Waals surface area contributed by atoms with E-state index < -0.39 is 5.97 Å². The van der Waals surface area contributed by atoms with Crippen molar-refractivity contribution in [1.82, 2.24) is 5.32 Å². The highest BCUT2D eigenvalue weighted by Crippen LogP contribution is 2.31. The third-order valence-corrected chi connectivity index (χ3v) is 5.74. The maximum absolute atomic E-state index is 12.3. The van der Waals surface area contributed by atoms with Crippen LogP contribution in [0.25, 0.3) is 0 Å². The van der Waals surface area contributed by atoms with Crippen LogP contribution in [0.3, 0.4) is 0 Å². The van der Waals surface area contributed by atoms with Gasteiger partial charge in [-0.3, -0.25) is 19.3 Å². The van der Waals surface area contributed by atoms with Gasteiger partial charge in [0, 0.05) is 6.04 Å². The normalized spacial score (nSPS) is 24.6. The molecule has 0 unspecified atom stereocenters. The van der Waals surface area contributed by atoms with E-state index in [1.165, 1.54) is 11.3 Å². The van der Waals surface area contributed by atoms with Gasteiger partial charge in [-0.15, -0.1) is 0 Å². The SMILES string of the molecule is C[C@@H]1[C@H](C)CCC[C@H]1NC(=O)COC(=O)CN1C(=O)CCOc2ccccc21. The largest absolute Gasteiger partial charge is 0.491 e.